The van der Waals surface area contributed by atoms with Gasteiger partial charge in [0.2, 0.25) is 5.91 Å². The van der Waals surface area contributed by atoms with E-state index in [4.69, 9.17) is 4.74 Å². The first kappa shape index (κ1) is 19.9. The molecule has 2 heterocycles. The van der Waals surface area contributed by atoms with Gasteiger partial charge in [-0.2, -0.15) is 13.2 Å². The summed E-state index contributed by atoms with van der Waals surface area (Å²) < 4.78 is 44.2. The molecule has 1 saturated carbocycles. The maximum atomic E-state index is 12.7. The fraction of sp³-hybridized carbons (Fsp3) is 0.348. The number of ether oxygens (including phenoxy) is 1. The SMILES string of the molecule is O=C(Nc1c[nH]c2ccc(OC3CC(c4ccc(C(F)(F)F)cc4)C3)cc12)C1CNC1. The number of amides is 1. The molecule has 0 unspecified atom stereocenters. The lowest BCUT2D eigenvalue weighted by Crippen LogP contribution is -2.48. The lowest BCUT2D eigenvalue weighted by molar-refractivity contribution is -0.137. The molecule has 1 saturated heterocycles. The number of carbonyl (C=O) groups excluding carboxylic acids is 1. The normalized spacial score (nSPS) is 21.4. The van der Waals surface area contributed by atoms with Gasteiger partial charge in [0.25, 0.3) is 0 Å². The molecule has 162 valence electrons. The van der Waals surface area contributed by atoms with Gasteiger partial charge < -0.3 is 20.4 Å². The molecule has 2 aromatic carbocycles. The first-order valence-corrected chi connectivity index (χ1v) is 10.3. The molecule has 1 aromatic heterocycles. The van der Waals surface area contributed by atoms with Crippen LogP contribution in [0.2, 0.25) is 0 Å². The van der Waals surface area contributed by atoms with E-state index in [0.717, 1.165) is 47.1 Å². The van der Waals surface area contributed by atoms with Gasteiger partial charge in [-0.15, -0.1) is 0 Å². The average molecular weight is 429 g/mol. The number of hydrogen-bond donors (Lipinski definition) is 3. The highest BCUT2D eigenvalue weighted by atomic mass is 19.4. The van der Waals surface area contributed by atoms with E-state index in [1.165, 1.54) is 0 Å². The Balaban J connectivity index is 1.21. The summed E-state index contributed by atoms with van der Waals surface area (Å²) in [6.45, 7) is 1.40. The van der Waals surface area contributed by atoms with Crippen LogP contribution in [0.25, 0.3) is 10.9 Å². The molecule has 1 aliphatic carbocycles. The van der Waals surface area contributed by atoms with Crippen LogP contribution in [-0.4, -0.2) is 30.1 Å². The molecule has 1 amide bonds. The van der Waals surface area contributed by atoms with Crippen LogP contribution >= 0.6 is 0 Å². The second-order valence-electron chi connectivity index (χ2n) is 8.28. The standard InChI is InChI=1S/C23H22F3N3O2/c24-23(25,26)16-3-1-13(2-4-16)14-7-18(8-14)31-17-5-6-20-19(9-17)21(12-28-20)29-22(30)15-10-27-11-15/h1-6,9,12,14-15,18,27-28H,7-8,10-11H2,(H,29,30). The van der Waals surface area contributed by atoms with Crippen molar-refractivity contribution >= 4 is 22.5 Å². The van der Waals surface area contributed by atoms with Crippen molar-refractivity contribution in [1.82, 2.24) is 10.3 Å². The van der Waals surface area contributed by atoms with Crippen LogP contribution in [-0.2, 0) is 11.0 Å². The molecule has 31 heavy (non-hydrogen) atoms. The Kier molecular flexibility index (Phi) is 4.89. The number of benzene rings is 2. The predicted octanol–water partition coefficient (Wildman–Crippen LogP) is 4.67. The number of rotatable bonds is 5. The smallest absolute Gasteiger partial charge is 0.416 e. The maximum absolute atomic E-state index is 12.7. The van der Waals surface area contributed by atoms with Crippen molar-refractivity contribution in [3.63, 3.8) is 0 Å². The molecule has 2 aliphatic rings. The van der Waals surface area contributed by atoms with Gasteiger partial charge in [0, 0.05) is 30.2 Å². The Morgan fingerprint density at radius 2 is 1.81 bits per heavy atom. The van der Waals surface area contributed by atoms with Crippen molar-refractivity contribution in [3.8, 4) is 5.75 Å². The van der Waals surface area contributed by atoms with Gasteiger partial charge in [0.1, 0.15) is 5.75 Å². The van der Waals surface area contributed by atoms with E-state index in [9.17, 15) is 18.0 Å². The van der Waals surface area contributed by atoms with Crippen molar-refractivity contribution in [1.29, 1.82) is 0 Å². The van der Waals surface area contributed by atoms with Gasteiger partial charge in [-0.3, -0.25) is 4.79 Å². The average Bonchev–Trinajstić information content (AvgIpc) is 3.04. The number of hydrogen-bond acceptors (Lipinski definition) is 3. The predicted molar refractivity (Wildman–Crippen MR) is 111 cm³/mol. The zero-order valence-corrected chi connectivity index (χ0v) is 16.6. The minimum atomic E-state index is -4.31. The minimum Gasteiger partial charge on any atom is -0.490 e. The third-order valence-corrected chi connectivity index (χ3v) is 6.17. The molecule has 2 fully saturated rings. The molecule has 0 bridgehead atoms. The molecule has 8 heteroatoms. The molecule has 5 rings (SSSR count). The summed E-state index contributed by atoms with van der Waals surface area (Å²) in [7, 11) is 0. The molecule has 5 nitrogen and oxygen atoms in total. The number of anilines is 1. The second kappa shape index (κ2) is 7.60. The number of aromatic nitrogens is 1. The highest BCUT2D eigenvalue weighted by Gasteiger charge is 2.34. The van der Waals surface area contributed by atoms with Gasteiger partial charge in [-0.25, -0.2) is 0 Å². The zero-order chi connectivity index (χ0) is 21.6. The summed E-state index contributed by atoms with van der Waals surface area (Å²) in [4.78, 5) is 15.4. The number of H-pyrrole nitrogens is 1. The first-order chi connectivity index (χ1) is 14.9. The van der Waals surface area contributed by atoms with Crippen molar-refractivity contribution in [3.05, 3.63) is 59.8 Å². The van der Waals surface area contributed by atoms with Crippen LogP contribution < -0.4 is 15.4 Å². The summed E-state index contributed by atoms with van der Waals surface area (Å²) >= 11 is 0. The van der Waals surface area contributed by atoms with Crippen molar-refractivity contribution < 1.29 is 22.7 Å². The highest BCUT2D eigenvalue weighted by molar-refractivity contribution is 6.03. The van der Waals surface area contributed by atoms with Gasteiger partial charge in [-0.05, 0) is 54.7 Å². The van der Waals surface area contributed by atoms with E-state index in [2.05, 4.69) is 15.6 Å². The summed E-state index contributed by atoms with van der Waals surface area (Å²) in [5.41, 5.74) is 1.92. The maximum Gasteiger partial charge on any atom is 0.416 e. The largest absolute Gasteiger partial charge is 0.490 e. The fourth-order valence-corrected chi connectivity index (χ4v) is 4.06. The molecule has 0 atom stereocenters. The number of nitrogens with one attached hydrogen (secondary N) is 3. The number of carbonyl (C=O) groups is 1. The van der Waals surface area contributed by atoms with Gasteiger partial charge >= 0.3 is 6.18 Å². The summed E-state index contributed by atoms with van der Waals surface area (Å²) in [5, 5.41) is 6.95. The number of alkyl halides is 3. The zero-order valence-electron chi connectivity index (χ0n) is 16.6. The van der Waals surface area contributed by atoms with E-state index >= 15 is 0 Å². The van der Waals surface area contributed by atoms with E-state index in [-0.39, 0.29) is 23.8 Å². The molecular formula is C23H22F3N3O2. The molecule has 0 spiro atoms. The summed E-state index contributed by atoms with van der Waals surface area (Å²) in [6.07, 6.45) is -0.998. The van der Waals surface area contributed by atoms with Gasteiger partial charge in [0.05, 0.1) is 23.3 Å². The van der Waals surface area contributed by atoms with Gasteiger partial charge in [-0.1, -0.05) is 12.1 Å². The van der Waals surface area contributed by atoms with Crippen LogP contribution in [0, 0.1) is 5.92 Å². The molecule has 3 N–H and O–H groups in total. The summed E-state index contributed by atoms with van der Waals surface area (Å²) in [5.74, 6) is 0.920. The Bertz CT molecular complexity index is 1100. The van der Waals surface area contributed by atoms with Crippen LogP contribution in [0.3, 0.4) is 0 Å². The van der Waals surface area contributed by atoms with Crippen LogP contribution in [0.5, 0.6) is 5.75 Å². The minimum absolute atomic E-state index is 0.00138. The fourth-order valence-electron chi connectivity index (χ4n) is 4.06. The highest BCUT2D eigenvalue weighted by Crippen LogP contribution is 2.41. The number of aromatic amines is 1. The third kappa shape index (κ3) is 3.99. The van der Waals surface area contributed by atoms with E-state index in [1.807, 2.05) is 18.2 Å². The monoisotopic (exact) mass is 429 g/mol. The summed E-state index contributed by atoms with van der Waals surface area (Å²) in [6, 6.07) is 11.1. The van der Waals surface area contributed by atoms with Crippen molar-refractivity contribution in [2.24, 2.45) is 5.92 Å². The first-order valence-electron chi connectivity index (χ1n) is 10.3. The Hall–Kier alpha value is -3.00. The Morgan fingerprint density at radius 3 is 2.45 bits per heavy atom. The van der Waals surface area contributed by atoms with E-state index in [1.54, 1.807) is 18.3 Å². The van der Waals surface area contributed by atoms with Crippen LogP contribution in [0.15, 0.2) is 48.7 Å². The lowest BCUT2D eigenvalue weighted by atomic mass is 9.77. The molecular weight excluding hydrogens is 407 g/mol. The number of fused-ring (bicyclic) bond motifs is 1. The quantitative estimate of drug-likeness (QED) is 0.552. The van der Waals surface area contributed by atoms with Crippen molar-refractivity contribution in [2.75, 3.05) is 18.4 Å². The number of halogens is 3. The lowest BCUT2D eigenvalue weighted by Gasteiger charge is -2.35. The third-order valence-electron chi connectivity index (χ3n) is 6.17. The molecule has 1 aliphatic heterocycles. The van der Waals surface area contributed by atoms with Crippen molar-refractivity contribution in [2.45, 2.75) is 31.0 Å². The molecule has 3 aromatic rings. The van der Waals surface area contributed by atoms with Crippen LogP contribution in [0.1, 0.15) is 29.9 Å². The Morgan fingerprint density at radius 1 is 1.06 bits per heavy atom. The van der Waals surface area contributed by atoms with Crippen LogP contribution in [0.4, 0.5) is 18.9 Å². The van der Waals surface area contributed by atoms with E-state index < -0.39 is 11.7 Å². The Labute approximate surface area is 177 Å². The van der Waals surface area contributed by atoms with E-state index in [0.29, 0.717) is 18.8 Å². The molecule has 0 radical (unpaired) electrons. The second-order valence-corrected chi connectivity index (χ2v) is 8.28. The van der Waals surface area contributed by atoms with Gasteiger partial charge in [0.15, 0.2) is 0 Å². The topological polar surface area (TPSA) is 66.2 Å².